The van der Waals surface area contributed by atoms with Gasteiger partial charge in [-0.2, -0.15) is 0 Å². The molecular weight excluding hydrogens is 839 g/mol. The fourth-order valence-electron chi connectivity index (χ4n) is 9.25. The number of nitrogens with one attached hydrogen (secondary N) is 1. The first-order valence-corrected chi connectivity index (χ1v) is 30.2. The summed E-state index contributed by atoms with van der Waals surface area (Å²) >= 11 is 0. The van der Waals surface area contributed by atoms with Crippen molar-refractivity contribution in [3.8, 4) is 0 Å². The Balaban J connectivity index is 3.39. The number of allylic oxidation sites excluding steroid dienone is 6. The van der Waals surface area contributed by atoms with Gasteiger partial charge in [0, 0.05) is 12.8 Å². The quantitative estimate of drug-likeness (QED) is 0.0321. The van der Waals surface area contributed by atoms with E-state index in [1.807, 2.05) is 0 Å². The van der Waals surface area contributed by atoms with Crippen molar-refractivity contribution in [2.75, 3.05) is 13.2 Å². The summed E-state index contributed by atoms with van der Waals surface area (Å²) in [5, 5.41) is 23.2. The fourth-order valence-corrected chi connectivity index (χ4v) is 9.25. The Bertz CT molecular complexity index is 1100. The highest BCUT2D eigenvalue weighted by molar-refractivity contribution is 5.76. The van der Waals surface area contributed by atoms with E-state index in [0.717, 1.165) is 51.4 Å². The molecule has 0 bridgehead atoms. The molecule has 0 fully saturated rings. The summed E-state index contributed by atoms with van der Waals surface area (Å²) in [5.41, 5.74) is 0. The summed E-state index contributed by atoms with van der Waals surface area (Å²) in [6, 6.07) is -0.545. The van der Waals surface area contributed by atoms with Crippen LogP contribution in [-0.2, 0) is 14.3 Å². The van der Waals surface area contributed by atoms with Crippen LogP contribution in [0.5, 0.6) is 0 Å². The zero-order valence-electron chi connectivity index (χ0n) is 45.6. The first-order valence-electron chi connectivity index (χ1n) is 30.2. The topological polar surface area (TPSA) is 95.9 Å². The van der Waals surface area contributed by atoms with Gasteiger partial charge < -0.3 is 20.3 Å². The van der Waals surface area contributed by atoms with Crippen LogP contribution in [0.1, 0.15) is 322 Å². The van der Waals surface area contributed by atoms with Gasteiger partial charge in [-0.25, -0.2) is 0 Å². The van der Waals surface area contributed by atoms with Crippen LogP contribution < -0.4 is 5.32 Å². The van der Waals surface area contributed by atoms with Gasteiger partial charge in [-0.05, 0) is 83.5 Å². The van der Waals surface area contributed by atoms with Gasteiger partial charge in [-0.15, -0.1) is 0 Å². The highest BCUT2D eigenvalue weighted by Crippen LogP contribution is 2.17. The van der Waals surface area contributed by atoms with Gasteiger partial charge in [-0.1, -0.05) is 262 Å². The third-order valence-corrected chi connectivity index (χ3v) is 13.9. The van der Waals surface area contributed by atoms with Gasteiger partial charge in [0.05, 0.1) is 25.4 Å². The molecule has 0 aromatic carbocycles. The molecule has 0 aliphatic heterocycles. The lowest BCUT2D eigenvalue weighted by atomic mass is 10.0. The molecule has 3 N–H and O–H groups in total. The number of aliphatic hydroxyl groups excluding tert-OH is 2. The first kappa shape index (κ1) is 66.1. The van der Waals surface area contributed by atoms with Gasteiger partial charge in [0.25, 0.3) is 0 Å². The molecule has 0 spiro atoms. The molecule has 0 saturated carbocycles. The lowest BCUT2D eigenvalue weighted by molar-refractivity contribution is -0.143. The molecule has 0 heterocycles. The van der Waals surface area contributed by atoms with Crippen LogP contribution in [0.2, 0.25) is 0 Å². The number of hydrogen-bond donors (Lipinski definition) is 3. The van der Waals surface area contributed by atoms with Crippen LogP contribution in [-0.4, -0.2) is 47.4 Å². The molecule has 6 heteroatoms. The Morgan fingerprint density at radius 3 is 1.16 bits per heavy atom. The maximum Gasteiger partial charge on any atom is 0.305 e. The zero-order valence-corrected chi connectivity index (χ0v) is 45.6. The van der Waals surface area contributed by atoms with Crippen molar-refractivity contribution in [2.45, 2.75) is 334 Å². The Hall–Kier alpha value is -1.92. The average molecular weight is 957 g/mol. The third kappa shape index (κ3) is 53.4. The smallest absolute Gasteiger partial charge is 0.305 e. The molecule has 0 aliphatic carbocycles. The van der Waals surface area contributed by atoms with Gasteiger partial charge in [0.1, 0.15) is 0 Å². The van der Waals surface area contributed by atoms with Crippen molar-refractivity contribution in [1.82, 2.24) is 5.32 Å². The second-order valence-corrected chi connectivity index (χ2v) is 20.7. The van der Waals surface area contributed by atoms with Crippen LogP contribution in [0, 0.1) is 0 Å². The van der Waals surface area contributed by atoms with Crippen molar-refractivity contribution in [3.63, 3.8) is 0 Å². The van der Waals surface area contributed by atoms with E-state index in [0.29, 0.717) is 25.9 Å². The number of carbonyl (C=O) groups excluding carboxylic acids is 2. The first-order chi connectivity index (χ1) is 33.5. The molecule has 0 aromatic heterocycles. The minimum atomic E-state index is -0.667. The Morgan fingerprint density at radius 2 is 0.735 bits per heavy atom. The number of hydrogen-bond acceptors (Lipinski definition) is 5. The minimum Gasteiger partial charge on any atom is -0.466 e. The van der Waals surface area contributed by atoms with Gasteiger partial charge in [-0.3, -0.25) is 9.59 Å². The molecule has 0 saturated heterocycles. The van der Waals surface area contributed by atoms with Crippen LogP contribution >= 0.6 is 0 Å². The second-order valence-electron chi connectivity index (χ2n) is 20.7. The summed E-state index contributed by atoms with van der Waals surface area (Å²) in [5.74, 6) is -0.0385. The maximum absolute atomic E-state index is 12.4. The minimum absolute atomic E-state index is 0.00360. The lowest BCUT2D eigenvalue weighted by Gasteiger charge is -2.22. The molecular formula is C62H117NO5. The molecule has 2 atom stereocenters. The van der Waals surface area contributed by atoms with E-state index >= 15 is 0 Å². The fraction of sp³-hybridized carbons (Fsp3) is 0.871. The number of amides is 1. The van der Waals surface area contributed by atoms with E-state index in [9.17, 15) is 19.8 Å². The summed E-state index contributed by atoms with van der Waals surface area (Å²) < 4.78 is 5.49. The van der Waals surface area contributed by atoms with Gasteiger partial charge in [0.2, 0.25) is 5.91 Å². The number of rotatable bonds is 56. The molecule has 0 radical (unpaired) electrons. The molecule has 2 unspecified atom stereocenters. The van der Waals surface area contributed by atoms with Gasteiger partial charge in [0.15, 0.2) is 0 Å². The van der Waals surface area contributed by atoms with E-state index in [-0.39, 0.29) is 18.5 Å². The van der Waals surface area contributed by atoms with E-state index in [1.54, 1.807) is 0 Å². The van der Waals surface area contributed by atoms with Crippen molar-refractivity contribution < 1.29 is 24.5 Å². The monoisotopic (exact) mass is 956 g/mol. The number of aliphatic hydroxyl groups is 2. The summed E-state index contributed by atoms with van der Waals surface area (Å²) in [7, 11) is 0. The summed E-state index contributed by atoms with van der Waals surface area (Å²) in [4.78, 5) is 24.5. The van der Waals surface area contributed by atoms with E-state index in [4.69, 9.17) is 4.74 Å². The Morgan fingerprint density at radius 1 is 0.412 bits per heavy atom. The number of unbranched alkanes of at least 4 members (excludes halogenated alkanes) is 39. The SMILES string of the molecule is CCCCC/C=C\C/C=C\CCCCCCCCCC(=O)OCCCCCCCCCCCCCC/C=C\CCCCCCCCCC(=O)NC(CO)C(O)CCCCCCCCCCCCC. The van der Waals surface area contributed by atoms with Crippen molar-refractivity contribution >= 4 is 11.9 Å². The average Bonchev–Trinajstić information content (AvgIpc) is 3.34. The van der Waals surface area contributed by atoms with Gasteiger partial charge >= 0.3 is 5.97 Å². The summed E-state index contributed by atoms with van der Waals surface area (Å²) in [6.45, 7) is 4.92. The van der Waals surface area contributed by atoms with E-state index in [1.165, 1.54) is 238 Å². The van der Waals surface area contributed by atoms with E-state index in [2.05, 4.69) is 55.6 Å². The molecule has 1 amide bonds. The zero-order chi connectivity index (χ0) is 49.3. The second kappa shape index (κ2) is 57.7. The van der Waals surface area contributed by atoms with Crippen LogP contribution in [0.25, 0.3) is 0 Å². The predicted molar refractivity (Wildman–Crippen MR) is 296 cm³/mol. The molecule has 0 aliphatic rings. The number of ether oxygens (including phenoxy) is 1. The maximum atomic E-state index is 12.4. The van der Waals surface area contributed by atoms with Crippen molar-refractivity contribution in [1.29, 1.82) is 0 Å². The summed E-state index contributed by atoms with van der Waals surface area (Å²) in [6.07, 6.45) is 71.5. The third-order valence-electron chi connectivity index (χ3n) is 13.9. The molecule has 68 heavy (non-hydrogen) atoms. The Kier molecular flexibility index (Phi) is 56.0. The van der Waals surface area contributed by atoms with Crippen LogP contribution in [0.3, 0.4) is 0 Å². The highest BCUT2D eigenvalue weighted by atomic mass is 16.5. The predicted octanol–water partition coefficient (Wildman–Crippen LogP) is 18.8. The molecule has 0 rings (SSSR count). The van der Waals surface area contributed by atoms with Crippen LogP contribution in [0.15, 0.2) is 36.5 Å². The lowest BCUT2D eigenvalue weighted by Crippen LogP contribution is -2.45. The van der Waals surface area contributed by atoms with Crippen LogP contribution in [0.4, 0.5) is 0 Å². The number of esters is 1. The number of carbonyl (C=O) groups is 2. The molecule has 0 aromatic rings. The van der Waals surface area contributed by atoms with Crippen molar-refractivity contribution in [3.05, 3.63) is 36.5 Å². The van der Waals surface area contributed by atoms with E-state index < -0.39 is 12.1 Å². The normalized spacial score (nSPS) is 12.8. The standard InChI is InChI=1S/C62H117NO5/c1-3-5-7-9-11-13-15-16-17-25-29-32-36-40-44-48-52-56-62(67)68-57-53-49-45-41-37-33-30-27-24-22-20-18-19-21-23-26-28-31-35-39-43-47-51-55-61(66)63-59(58-64)60(65)54-50-46-42-38-34-14-12-10-8-6-4-2/h11,13,16-17,21,23,59-60,64-65H,3-10,12,14-15,18-20,22,24-58H2,1-2H3,(H,63,66)/b13-11-,17-16-,23-21-. The molecule has 400 valence electrons. The van der Waals surface area contributed by atoms with Crippen molar-refractivity contribution in [2.24, 2.45) is 0 Å². The molecule has 6 nitrogen and oxygen atoms in total. The largest absolute Gasteiger partial charge is 0.466 e. The Labute approximate surface area is 424 Å². The highest BCUT2D eigenvalue weighted by Gasteiger charge is 2.20.